The number of alkyl halides is 3. The SMILES string of the molecule is CCOCCN1c2ccc(F)cc2C(C(F)(F)F)c2ccncc21. The van der Waals surface area contributed by atoms with Crippen molar-refractivity contribution in [3.63, 3.8) is 0 Å². The summed E-state index contributed by atoms with van der Waals surface area (Å²) in [6, 6.07) is 4.85. The molecule has 1 aliphatic heterocycles. The topological polar surface area (TPSA) is 25.4 Å². The van der Waals surface area contributed by atoms with Gasteiger partial charge in [0.05, 0.1) is 18.5 Å². The molecule has 0 aliphatic carbocycles. The first-order valence-corrected chi connectivity index (χ1v) is 7.58. The molecule has 0 amide bonds. The Labute approximate surface area is 136 Å². The lowest BCUT2D eigenvalue weighted by Gasteiger charge is -2.37. The minimum atomic E-state index is -4.52. The Balaban J connectivity index is 2.15. The van der Waals surface area contributed by atoms with Crippen LogP contribution in [0, 0.1) is 5.82 Å². The van der Waals surface area contributed by atoms with Crippen molar-refractivity contribution >= 4 is 11.4 Å². The molecule has 1 aromatic heterocycles. The average Bonchev–Trinajstić information content (AvgIpc) is 2.52. The van der Waals surface area contributed by atoms with Crippen molar-refractivity contribution in [2.45, 2.75) is 19.0 Å². The van der Waals surface area contributed by atoms with Gasteiger partial charge in [-0.15, -0.1) is 0 Å². The quantitative estimate of drug-likeness (QED) is 0.609. The van der Waals surface area contributed by atoms with Crippen molar-refractivity contribution in [3.8, 4) is 0 Å². The van der Waals surface area contributed by atoms with Crippen molar-refractivity contribution in [1.82, 2.24) is 4.98 Å². The van der Waals surface area contributed by atoms with Gasteiger partial charge in [0.25, 0.3) is 0 Å². The number of anilines is 2. The number of pyridine rings is 1. The first-order valence-electron chi connectivity index (χ1n) is 7.58. The molecule has 128 valence electrons. The van der Waals surface area contributed by atoms with Crippen LogP contribution >= 0.6 is 0 Å². The number of benzene rings is 1. The van der Waals surface area contributed by atoms with Crippen LogP contribution in [0.2, 0.25) is 0 Å². The van der Waals surface area contributed by atoms with Crippen LogP contribution < -0.4 is 4.90 Å². The molecule has 0 fully saturated rings. The molecule has 7 heteroatoms. The lowest BCUT2D eigenvalue weighted by molar-refractivity contribution is -0.141. The maximum Gasteiger partial charge on any atom is 0.399 e. The van der Waals surface area contributed by atoms with Gasteiger partial charge in [0.1, 0.15) is 11.7 Å². The fraction of sp³-hybridized carbons (Fsp3) is 0.353. The molecule has 0 N–H and O–H groups in total. The van der Waals surface area contributed by atoms with E-state index in [2.05, 4.69) is 4.98 Å². The summed E-state index contributed by atoms with van der Waals surface area (Å²) in [5.74, 6) is -2.56. The second-order valence-corrected chi connectivity index (χ2v) is 5.46. The van der Waals surface area contributed by atoms with E-state index in [1.807, 2.05) is 6.92 Å². The first kappa shape index (κ1) is 16.7. The molecule has 0 saturated heterocycles. The smallest absolute Gasteiger partial charge is 0.380 e. The summed E-state index contributed by atoms with van der Waals surface area (Å²) in [7, 11) is 0. The normalized spacial score (nSPS) is 16.7. The van der Waals surface area contributed by atoms with E-state index in [4.69, 9.17) is 4.74 Å². The van der Waals surface area contributed by atoms with E-state index in [0.717, 1.165) is 6.07 Å². The summed E-state index contributed by atoms with van der Waals surface area (Å²) in [5, 5.41) is 0. The highest BCUT2D eigenvalue weighted by Gasteiger charge is 2.47. The number of halogens is 4. The molecular formula is C17H16F4N2O. The van der Waals surface area contributed by atoms with Crippen LogP contribution in [0.5, 0.6) is 0 Å². The number of nitrogens with zero attached hydrogens (tertiary/aromatic N) is 2. The average molecular weight is 340 g/mol. The van der Waals surface area contributed by atoms with Crippen LogP contribution in [0.1, 0.15) is 24.0 Å². The monoisotopic (exact) mass is 340 g/mol. The van der Waals surface area contributed by atoms with Gasteiger partial charge in [0, 0.05) is 25.0 Å². The van der Waals surface area contributed by atoms with Crippen molar-refractivity contribution in [2.24, 2.45) is 0 Å². The highest BCUT2D eigenvalue weighted by Crippen LogP contribution is 2.51. The summed E-state index contributed by atoms with van der Waals surface area (Å²) < 4.78 is 60.0. The van der Waals surface area contributed by atoms with Gasteiger partial charge < -0.3 is 9.64 Å². The Hall–Kier alpha value is -2.15. The number of hydrogen-bond donors (Lipinski definition) is 0. The minimum Gasteiger partial charge on any atom is -0.380 e. The third-order valence-electron chi connectivity index (χ3n) is 4.02. The zero-order chi connectivity index (χ0) is 17.3. The predicted molar refractivity (Wildman–Crippen MR) is 82.0 cm³/mol. The van der Waals surface area contributed by atoms with Gasteiger partial charge in [-0.05, 0) is 42.3 Å². The molecule has 0 saturated carbocycles. The molecule has 3 nitrogen and oxygen atoms in total. The van der Waals surface area contributed by atoms with Crippen molar-refractivity contribution < 1.29 is 22.3 Å². The summed E-state index contributed by atoms with van der Waals surface area (Å²) in [6.45, 7) is 3.05. The Kier molecular flexibility index (Phi) is 4.45. The molecule has 1 aromatic carbocycles. The van der Waals surface area contributed by atoms with Crippen molar-refractivity contribution in [3.05, 3.63) is 53.6 Å². The van der Waals surface area contributed by atoms with Crippen molar-refractivity contribution in [1.29, 1.82) is 0 Å². The van der Waals surface area contributed by atoms with E-state index in [0.29, 0.717) is 31.1 Å². The molecule has 2 aromatic rings. The summed E-state index contributed by atoms with van der Waals surface area (Å²) in [4.78, 5) is 5.66. The molecular weight excluding hydrogens is 324 g/mol. The second kappa shape index (κ2) is 6.39. The van der Waals surface area contributed by atoms with Gasteiger partial charge >= 0.3 is 6.18 Å². The molecule has 0 spiro atoms. The van der Waals surface area contributed by atoms with Gasteiger partial charge in [0.2, 0.25) is 0 Å². The Morgan fingerprint density at radius 2 is 1.96 bits per heavy atom. The van der Waals surface area contributed by atoms with Crippen molar-refractivity contribution in [2.75, 3.05) is 24.7 Å². The lowest BCUT2D eigenvalue weighted by Crippen LogP contribution is -2.34. The highest BCUT2D eigenvalue weighted by atomic mass is 19.4. The molecule has 3 rings (SSSR count). The van der Waals surface area contributed by atoms with Crippen LogP contribution in [-0.4, -0.2) is 30.9 Å². The van der Waals surface area contributed by atoms with Crippen LogP contribution in [0.25, 0.3) is 0 Å². The molecule has 2 heterocycles. The zero-order valence-electron chi connectivity index (χ0n) is 13.0. The number of aromatic nitrogens is 1. The summed E-state index contributed by atoms with van der Waals surface area (Å²) in [6.07, 6.45) is -1.79. The Bertz CT molecular complexity index is 733. The molecule has 1 aliphatic rings. The largest absolute Gasteiger partial charge is 0.399 e. The van der Waals surface area contributed by atoms with Gasteiger partial charge in [-0.1, -0.05) is 0 Å². The number of hydrogen-bond acceptors (Lipinski definition) is 3. The third kappa shape index (κ3) is 2.96. The Morgan fingerprint density at radius 3 is 2.67 bits per heavy atom. The van der Waals surface area contributed by atoms with E-state index >= 15 is 0 Å². The fourth-order valence-electron chi connectivity index (χ4n) is 3.06. The maximum atomic E-state index is 13.7. The van der Waals surface area contributed by atoms with Gasteiger partial charge in [0.15, 0.2) is 0 Å². The predicted octanol–water partition coefficient (Wildman–Crippen LogP) is 4.40. The van der Waals surface area contributed by atoms with Gasteiger partial charge in [-0.25, -0.2) is 4.39 Å². The zero-order valence-corrected chi connectivity index (χ0v) is 13.0. The molecule has 0 radical (unpaired) electrons. The molecule has 1 unspecified atom stereocenters. The van der Waals surface area contributed by atoms with E-state index < -0.39 is 17.9 Å². The summed E-state index contributed by atoms with van der Waals surface area (Å²) >= 11 is 0. The number of ether oxygens (including phenoxy) is 1. The Morgan fingerprint density at radius 1 is 1.17 bits per heavy atom. The molecule has 0 bridgehead atoms. The van der Waals surface area contributed by atoms with Gasteiger partial charge in [-0.3, -0.25) is 4.98 Å². The summed E-state index contributed by atoms with van der Waals surface area (Å²) in [5.41, 5.74) is 0.697. The van der Waals surface area contributed by atoms with E-state index in [9.17, 15) is 17.6 Å². The first-order chi connectivity index (χ1) is 11.4. The number of rotatable bonds is 4. The second-order valence-electron chi connectivity index (χ2n) is 5.46. The van der Waals surface area contributed by atoms with E-state index in [1.54, 1.807) is 4.90 Å². The van der Waals surface area contributed by atoms with Crippen LogP contribution in [0.4, 0.5) is 28.9 Å². The van der Waals surface area contributed by atoms with Gasteiger partial charge in [-0.2, -0.15) is 13.2 Å². The maximum absolute atomic E-state index is 13.7. The van der Waals surface area contributed by atoms with E-state index in [1.165, 1.54) is 30.6 Å². The molecule has 24 heavy (non-hydrogen) atoms. The van der Waals surface area contributed by atoms with Crippen LogP contribution in [-0.2, 0) is 4.74 Å². The number of fused-ring (bicyclic) bond motifs is 2. The third-order valence-corrected chi connectivity index (χ3v) is 4.02. The fourth-order valence-corrected chi connectivity index (χ4v) is 3.06. The highest BCUT2D eigenvalue weighted by molar-refractivity contribution is 5.76. The minimum absolute atomic E-state index is 0.0760. The lowest BCUT2D eigenvalue weighted by atomic mass is 9.85. The molecule has 1 atom stereocenters. The van der Waals surface area contributed by atoms with Crippen LogP contribution in [0.15, 0.2) is 36.7 Å². The van der Waals surface area contributed by atoms with Crippen LogP contribution in [0.3, 0.4) is 0 Å². The standard InChI is InChI=1S/C17H16F4N2O/c1-2-24-8-7-23-14-4-3-11(18)9-13(14)16(17(19,20)21)12-5-6-22-10-15(12)23/h3-6,9-10,16H,2,7-8H2,1H3. The van der Waals surface area contributed by atoms with E-state index in [-0.39, 0.29) is 11.1 Å².